The topological polar surface area (TPSA) is 75.0 Å². The number of amides is 1. The summed E-state index contributed by atoms with van der Waals surface area (Å²) in [5, 5.41) is 8.10. The minimum atomic E-state index is -0.231. The van der Waals surface area contributed by atoms with E-state index in [2.05, 4.69) is 34.2 Å². The lowest BCUT2D eigenvalue weighted by atomic mass is 10.1. The standard InChI is InChI=1S/C18H32N6O2.HI/c1-6-15-14(16(7-2)22(5)21-15)13-20-17(19-4)23-9-11-24(12-10-23)18(25)26-8-3;/h6-13H2,1-5H3,(H,19,20);1H. The van der Waals surface area contributed by atoms with Crippen LogP contribution in [0, 0.1) is 0 Å². The summed E-state index contributed by atoms with van der Waals surface area (Å²) >= 11 is 0. The molecule has 0 atom stereocenters. The molecule has 1 aromatic heterocycles. The lowest BCUT2D eigenvalue weighted by Crippen LogP contribution is -2.53. The van der Waals surface area contributed by atoms with E-state index in [0.717, 1.165) is 37.6 Å². The summed E-state index contributed by atoms with van der Waals surface area (Å²) in [5.41, 5.74) is 3.67. The molecule has 1 aromatic rings. The molecule has 0 spiro atoms. The van der Waals surface area contributed by atoms with Crippen LogP contribution in [-0.4, -0.2) is 71.5 Å². The van der Waals surface area contributed by atoms with E-state index in [-0.39, 0.29) is 30.1 Å². The predicted molar refractivity (Wildman–Crippen MR) is 118 cm³/mol. The Labute approximate surface area is 179 Å². The van der Waals surface area contributed by atoms with Crippen molar-refractivity contribution in [1.82, 2.24) is 24.9 Å². The molecule has 2 heterocycles. The van der Waals surface area contributed by atoms with Crippen molar-refractivity contribution in [2.45, 2.75) is 40.2 Å². The highest BCUT2D eigenvalue weighted by Gasteiger charge is 2.24. The Morgan fingerprint density at radius 3 is 2.30 bits per heavy atom. The molecule has 154 valence electrons. The first-order valence-electron chi connectivity index (χ1n) is 9.46. The van der Waals surface area contributed by atoms with Gasteiger partial charge in [-0.3, -0.25) is 9.67 Å². The van der Waals surface area contributed by atoms with Crippen molar-refractivity contribution in [3.05, 3.63) is 17.0 Å². The predicted octanol–water partition coefficient (Wildman–Crippen LogP) is 2.01. The summed E-state index contributed by atoms with van der Waals surface area (Å²) in [7, 11) is 3.80. The zero-order chi connectivity index (χ0) is 19.1. The van der Waals surface area contributed by atoms with E-state index in [1.807, 2.05) is 18.7 Å². The fourth-order valence-electron chi connectivity index (χ4n) is 3.41. The molecular weight excluding hydrogens is 459 g/mol. The van der Waals surface area contributed by atoms with Crippen LogP contribution in [0.1, 0.15) is 37.7 Å². The van der Waals surface area contributed by atoms with E-state index in [4.69, 9.17) is 4.74 Å². The van der Waals surface area contributed by atoms with Crippen LogP contribution < -0.4 is 5.32 Å². The molecular formula is C18H33IN6O2. The number of aromatic nitrogens is 2. The van der Waals surface area contributed by atoms with Gasteiger partial charge in [-0.05, 0) is 19.8 Å². The minimum Gasteiger partial charge on any atom is -0.450 e. The van der Waals surface area contributed by atoms with Crippen molar-refractivity contribution in [3.63, 3.8) is 0 Å². The number of carbonyl (C=O) groups excluding carboxylic acids is 1. The average molecular weight is 492 g/mol. The highest BCUT2D eigenvalue weighted by Crippen LogP contribution is 2.15. The fourth-order valence-corrected chi connectivity index (χ4v) is 3.41. The highest BCUT2D eigenvalue weighted by molar-refractivity contribution is 14.0. The normalized spacial score (nSPS) is 14.8. The van der Waals surface area contributed by atoms with Crippen molar-refractivity contribution < 1.29 is 9.53 Å². The number of ether oxygens (including phenoxy) is 1. The third-order valence-corrected chi connectivity index (χ3v) is 4.77. The Hall–Kier alpha value is -1.52. The van der Waals surface area contributed by atoms with Gasteiger partial charge in [0.15, 0.2) is 5.96 Å². The van der Waals surface area contributed by atoms with Crippen molar-refractivity contribution in [2.75, 3.05) is 39.8 Å². The second-order valence-corrected chi connectivity index (χ2v) is 6.28. The number of aliphatic imine (C=N–C) groups is 1. The van der Waals surface area contributed by atoms with Crippen molar-refractivity contribution in [1.29, 1.82) is 0 Å². The molecule has 1 aliphatic heterocycles. The lowest BCUT2D eigenvalue weighted by Gasteiger charge is -2.35. The molecule has 0 radical (unpaired) electrons. The number of nitrogens with zero attached hydrogens (tertiary/aromatic N) is 5. The number of nitrogens with one attached hydrogen (secondary N) is 1. The Morgan fingerprint density at radius 1 is 1.15 bits per heavy atom. The third kappa shape index (κ3) is 5.73. The zero-order valence-electron chi connectivity index (χ0n) is 17.1. The number of carbonyl (C=O) groups is 1. The van der Waals surface area contributed by atoms with Crippen molar-refractivity contribution in [3.8, 4) is 0 Å². The fraction of sp³-hybridized carbons (Fsp3) is 0.722. The number of halogens is 1. The Balaban J connectivity index is 0.00000364. The molecule has 1 aliphatic rings. The van der Waals surface area contributed by atoms with Crippen LogP contribution in [0.4, 0.5) is 4.79 Å². The lowest BCUT2D eigenvalue weighted by molar-refractivity contribution is 0.0914. The molecule has 9 heteroatoms. The molecule has 0 aromatic carbocycles. The van der Waals surface area contributed by atoms with Gasteiger partial charge in [0.25, 0.3) is 0 Å². The summed E-state index contributed by atoms with van der Waals surface area (Å²) in [5.74, 6) is 0.862. The number of hydrogen-bond donors (Lipinski definition) is 1. The molecule has 2 rings (SSSR count). The highest BCUT2D eigenvalue weighted by atomic mass is 127. The van der Waals surface area contributed by atoms with Gasteiger partial charge in [-0.15, -0.1) is 24.0 Å². The number of rotatable bonds is 5. The number of aryl methyl sites for hydroxylation is 2. The van der Waals surface area contributed by atoms with Gasteiger partial charge in [-0.25, -0.2) is 4.79 Å². The summed E-state index contributed by atoms with van der Waals surface area (Å²) in [6.07, 6.45) is 1.64. The van der Waals surface area contributed by atoms with E-state index >= 15 is 0 Å². The SMILES string of the molecule is CCOC(=O)N1CCN(C(=NC)NCc2c(CC)nn(C)c2CC)CC1.I. The maximum absolute atomic E-state index is 11.8. The molecule has 0 unspecified atom stereocenters. The number of guanidine groups is 1. The van der Waals surface area contributed by atoms with E-state index in [9.17, 15) is 4.79 Å². The minimum absolute atomic E-state index is 0. The first-order valence-corrected chi connectivity index (χ1v) is 9.46. The summed E-state index contributed by atoms with van der Waals surface area (Å²) in [6, 6.07) is 0. The van der Waals surface area contributed by atoms with Crippen molar-refractivity contribution in [2.24, 2.45) is 12.0 Å². The van der Waals surface area contributed by atoms with Crippen LogP contribution in [0.5, 0.6) is 0 Å². The molecule has 1 N–H and O–H groups in total. The molecule has 0 saturated carbocycles. The summed E-state index contributed by atoms with van der Waals surface area (Å²) < 4.78 is 7.06. The second kappa shape index (κ2) is 11.4. The summed E-state index contributed by atoms with van der Waals surface area (Å²) in [4.78, 5) is 20.2. The molecule has 8 nitrogen and oxygen atoms in total. The van der Waals surface area contributed by atoms with Gasteiger partial charge >= 0.3 is 6.09 Å². The molecule has 1 amide bonds. The summed E-state index contributed by atoms with van der Waals surface area (Å²) in [6.45, 7) is 10.0. The van der Waals surface area contributed by atoms with Gasteiger partial charge in [0.05, 0.1) is 12.3 Å². The van der Waals surface area contributed by atoms with E-state index in [1.54, 1.807) is 11.9 Å². The van der Waals surface area contributed by atoms with Gasteiger partial charge in [0.2, 0.25) is 0 Å². The molecule has 1 fully saturated rings. The second-order valence-electron chi connectivity index (χ2n) is 6.28. The smallest absolute Gasteiger partial charge is 0.409 e. The van der Waals surface area contributed by atoms with Gasteiger partial charge < -0.3 is 19.9 Å². The largest absolute Gasteiger partial charge is 0.450 e. The Kier molecular flexibility index (Phi) is 9.89. The van der Waals surface area contributed by atoms with Gasteiger partial charge in [-0.2, -0.15) is 5.10 Å². The van der Waals surface area contributed by atoms with E-state index < -0.39 is 0 Å². The molecule has 0 bridgehead atoms. The van der Waals surface area contributed by atoms with Crippen LogP contribution in [-0.2, 0) is 31.2 Å². The van der Waals surface area contributed by atoms with Gasteiger partial charge in [0.1, 0.15) is 0 Å². The van der Waals surface area contributed by atoms with Crippen LogP contribution in [0.3, 0.4) is 0 Å². The monoisotopic (exact) mass is 492 g/mol. The van der Waals surface area contributed by atoms with E-state index in [0.29, 0.717) is 26.2 Å². The molecule has 27 heavy (non-hydrogen) atoms. The maximum Gasteiger partial charge on any atom is 0.409 e. The van der Waals surface area contributed by atoms with Crippen LogP contribution >= 0.6 is 24.0 Å². The zero-order valence-corrected chi connectivity index (χ0v) is 19.4. The number of piperazine rings is 1. The Morgan fingerprint density at radius 2 is 1.78 bits per heavy atom. The first-order chi connectivity index (χ1) is 12.5. The molecule has 1 saturated heterocycles. The third-order valence-electron chi connectivity index (χ3n) is 4.77. The van der Waals surface area contributed by atoms with E-state index in [1.165, 1.54) is 11.3 Å². The van der Waals surface area contributed by atoms with Crippen LogP contribution in [0.25, 0.3) is 0 Å². The van der Waals surface area contributed by atoms with Gasteiger partial charge in [0, 0.05) is 58.1 Å². The average Bonchev–Trinajstić information content (AvgIpc) is 2.97. The maximum atomic E-state index is 11.8. The van der Waals surface area contributed by atoms with Crippen LogP contribution in [0.2, 0.25) is 0 Å². The Bertz CT molecular complexity index is 638. The molecule has 0 aliphatic carbocycles. The van der Waals surface area contributed by atoms with Gasteiger partial charge in [-0.1, -0.05) is 13.8 Å². The van der Waals surface area contributed by atoms with Crippen molar-refractivity contribution >= 4 is 36.0 Å². The number of hydrogen-bond acceptors (Lipinski definition) is 4. The quantitative estimate of drug-likeness (QED) is 0.387. The van der Waals surface area contributed by atoms with Crippen LogP contribution in [0.15, 0.2) is 4.99 Å². The first kappa shape index (κ1) is 23.5.